The van der Waals surface area contributed by atoms with E-state index in [1.165, 1.54) is 18.2 Å². The Morgan fingerprint density at radius 2 is 1.95 bits per heavy atom. The van der Waals surface area contributed by atoms with Crippen molar-refractivity contribution in [3.05, 3.63) is 58.3 Å². The average Bonchev–Trinajstić information content (AvgIpc) is 2.80. The summed E-state index contributed by atoms with van der Waals surface area (Å²) in [6.07, 6.45) is 0. The molecule has 0 fully saturated rings. The van der Waals surface area contributed by atoms with Crippen LogP contribution in [-0.2, 0) is 0 Å². The first-order valence-corrected chi connectivity index (χ1v) is 7.47. The lowest BCUT2D eigenvalue weighted by Crippen LogP contribution is -2.02. The van der Waals surface area contributed by atoms with Crippen LogP contribution >= 0.6 is 27.5 Å². The fourth-order valence-electron chi connectivity index (χ4n) is 2.23. The third-order valence-electron chi connectivity index (χ3n) is 3.16. The maximum atomic E-state index is 13.4. The van der Waals surface area contributed by atoms with E-state index >= 15 is 0 Å². The van der Waals surface area contributed by atoms with Gasteiger partial charge < -0.3 is 0 Å². The number of halogens is 4. The predicted octanol–water partition coefficient (Wildman–Crippen LogP) is 5.37. The first kappa shape index (κ1) is 14.5. The first-order valence-electron chi connectivity index (χ1n) is 6.25. The van der Waals surface area contributed by atoms with Gasteiger partial charge in [0.25, 0.3) is 0 Å². The summed E-state index contributed by atoms with van der Waals surface area (Å²) in [5.41, 5.74) is 1.94. The van der Waals surface area contributed by atoms with Crippen LogP contribution in [0.4, 0.5) is 8.78 Å². The quantitative estimate of drug-likeness (QED) is 0.554. The van der Waals surface area contributed by atoms with Gasteiger partial charge in [-0.2, -0.15) is 0 Å². The molecule has 0 bridgehead atoms. The Balaban J connectivity index is 2.33. The summed E-state index contributed by atoms with van der Waals surface area (Å²) in [4.78, 5) is 4.38. The van der Waals surface area contributed by atoms with Crippen LogP contribution in [-0.4, -0.2) is 9.55 Å². The molecular formula is C15H10BrClF2N2. The van der Waals surface area contributed by atoms with E-state index in [0.29, 0.717) is 21.5 Å². The number of benzene rings is 2. The molecule has 108 valence electrons. The molecule has 0 aliphatic rings. The maximum Gasteiger partial charge on any atom is 0.137 e. The van der Waals surface area contributed by atoms with Crippen LogP contribution in [0.1, 0.15) is 18.1 Å². The van der Waals surface area contributed by atoms with Crippen molar-refractivity contribution in [2.45, 2.75) is 12.3 Å². The standard InChI is InChI=1S/C15H10BrClF2N2/c1-8(17)15-20-13-6-9(18)2-5-14(13)21(15)10-3-4-12(19)11(16)7-10/h2-8H,1H3. The fraction of sp³-hybridized carbons (Fsp3) is 0.133. The van der Waals surface area contributed by atoms with Gasteiger partial charge in [-0.05, 0) is 53.2 Å². The molecule has 2 aromatic carbocycles. The zero-order valence-electron chi connectivity index (χ0n) is 10.9. The maximum absolute atomic E-state index is 13.4. The zero-order valence-corrected chi connectivity index (χ0v) is 13.3. The molecule has 0 N–H and O–H groups in total. The molecule has 0 amide bonds. The molecule has 6 heteroatoms. The average molecular weight is 372 g/mol. The summed E-state index contributed by atoms with van der Waals surface area (Å²) in [5, 5.41) is -0.371. The Morgan fingerprint density at radius 3 is 2.62 bits per heavy atom. The molecule has 2 nitrogen and oxygen atoms in total. The van der Waals surface area contributed by atoms with Gasteiger partial charge in [0.1, 0.15) is 17.5 Å². The number of alkyl halides is 1. The van der Waals surface area contributed by atoms with Crippen molar-refractivity contribution in [1.29, 1.82) is 0 Å². The molecule has 1 aromatic heterocycles. The molecule has 0 aliphatic heterocycles. The summed E-state index contributed by atoms with van der Waals surface area (Å²) in [5.74, 6) is -0.133. The molecule has 21 heavy (non-hydrogen) atoms. The van der Waals surface area contributed by atoms with Gasteiger partial charge >= 0.3 is 0 Å². The van der Waals surface area contributed by atoms with Crippen LogP contribution in [0.15, 0.2) is 40.9 Å². The minimum absolute atomic E-state index is 0.345. The Labute approximate surface area is 133 Å². The van der Waals surface area contributed by atoms with Crippen LogP contribution < -0.4 is 0 Å². The van der Waals surface area contributed by atoms with Crippen molar-refractivity contribution in [2.75, 3.05) is 0 Å². The molecular weight excluding hydrogens is 362 g/mol. The topological polar surface area (TPSA) is 17.8 Å². The Morgan fingerprint density at radius 1 is 1.19 bits per heavy atom. The van der Waals surface area contributed by atoms with Gasteiger partial charge in [0.15, 0.2) is 0 Å². The van der Waals surface area contributed by atoms with E-state index in [9.17, 15) is 8.78 Å². The largest absolute Gasteiger partial charge is 0.295 e. The van der Waals surface area contributed by atoms with Gasteiger partial charge in [0, 0.05) is 11.8 Å². The second-order valence-corrected chi connectivity index (χ2v) is 6.16. The highest BCUT2D eigenvalue weighted by molar-refractivity contribution is 9.10. The number of rotatable bonds is 2. The third-order valence-corrected chi connectivity index (χ3v) is 3.96. The summed E-state index contributed by atoms with van der Waals surface area (Å²) in [6.45, 7) is 1.79. The first-order chi connectivity index (χ1) is 9.97. The molecule has 0 aliphatic carbocycles. The molecule has 0 saturated carbocycles. The number of hydrogen-bond donors (Lipinski definition) is 0. The van der Waals surface area contributed by atoms with E-state index in [1.54, 1.807) is 29.7 Å². The molecule has 3 rings (SSSR count). The van der Waals surface area contributed by atoms with Gasteiger partial charge in [0.05, 0.1) is 20.9 Å². The number of hydrogen-bond acceptors (Lipinski definition) is 1. The highest BCUT2D eigenvalue weighted by atomic mass is 79.9. The van der Waals surface area contributed by atoms with Crippen LogP contribution in [0.3, 0.4) is 0 Å². The fourth-order valence-corrected chi connectivity index (χ4v) is 2.75. The lowest BCUT2D eigenvalue weighted by atomic mass is 10.2. The van der Waals surface area contributed by atoms with Gasteiger partial charge in [-0.3, -0.25) is 4.57 Å². The van der Waals surface area contributed by atoms with Gasteiger partial charge in [-0.15, -0.1) is 11.6 Å². The highest BCUT2D eigenvalue weighted by Gasteiger charge is 2.17. The predicted molar refractivity (Wildman–Crippen MR) is 83.0 cm³/mol. The van der Waals surface area contributed by atoms with Gasteiger partial charge in [0.2, 0.25) is 0 Å². The van der Waals surface area contributed by atoms with Crippen molar-refractivity contribution in [3.8, 4) is 5.69 Å². The third kappa shape index (κ3) is 2.56. The van der Waals surface area contributed by atoms with Crippen molar-refractivity contribution in [2.24, 2.45) is 0 Å². The van der Waals surface area contributed by atoms with Crippen molar-refractivity contribution < 1.29 is 8.78 Å². The smallest absolute Gasteiger partial charge is 0.137 e. The van der Waals surface area contributed by atoms with E-state index in [1.807, 2.05) is 0 Å². The second kappa shape index (κ2) is 5.39. The van der Waals surface area contributed by atoms with Crippen LogP contribution in [0.2, 0.25) is 0 Å². The minimum atomic E-state index is -0.371. The number of imidazole rings is 1. The molecule has 0 radical (unpaired) electrons. The lowest BCUT2D eigenvalue weighted by molar-refractivity contribution is 0.620. The van der Waals surface area contributed by atoms with E-state index in [-0.39, 0.29) is 17.0 Å². The van der Waals surface area contributed by atoms with Crippen LogP contribution in [0.25, 0.3) is 16.7 Å². The second-order valence-electron chi connectivity index (χ2n) is 4.65. The minimum Gasteiger partial charge on any atom is -0.295 e. The summed E-state index contributed by atoms with van der Waals surface area (Å²) in [6, 6.07) is 8.99. The summed E-state index contributed by atoms with van der Waals surface area (Å²) >= 11 is 9.34. The van der Waals surface area contributed by atoms with E-state index in [0.717, 1.165) is 5.52 Å². The molecule has 0 saturated heterocycles. The zero-order chi connectivity index (χ0) is 15.1. The number of fused-ring (bicyclic) bond motifs is 1. The number of nitrogens with zero attached hydrogens (tertiary/aromatic N) is 2. The molecule has 0 spiro atoms. The van der Waals surface area contributed by atoms with Crippen LogP contribution in [0.5, 0.6) is 0 Å². The molecule has 1 heterocycles. The van der Waals surface area contributed by atoms with Crippen molar-refractivity contribution in [3.63, 3.8) is 0 Å². The Bertz CT molecular complexity index is 830. The SMILES string of the molecule is CC(Cl)c1nc2cc(F)ccc2n1-c1ccc(F)c(Br)c1. The summed E-state index contributed by atoms with van der Waals surface area (Å²) < 4.78 is 28.9. The monoisotopic (exact) mass is 370 g/mol. The number of aromatic nitrogens is 2. The Kier molecular flexibility index (Phi) is 3.71. The van der Waals surface area contributed by atoms with Crippen molar-refractivity contribution in [1.82, 2.24) is 9.55 Å². The normalized spacial score (nSPS) is 12.8. The summed E-state index contributed by atoms with van der Waals surface area (Å²) in [7, 11) is 0. The van der Waals surface area contributed by atoms with E-state index in [4.69, 9.17) is 11.6 Å². The van der Waals surface area contributed by atoms with E-state index < -0.39 is 0 Å². The van der Waals surface area contributed by atoms with Gasteiger partial charge in [-0.1, -0.05) is 0 Å². The molecule has 1 atom stereocenters. The highest BCUT2D eigenvalue weighted by Crippen LogP contribution is 2.30. The van der Waals surface area contributed by atoms with Crippen LogP contribution in [0, 0.1) is 11.6 Å². The lowest BCUT2D eigenvalue weighted by Gasteiger charge is -2.11. The van der Waals surface area contributed by atoms with Gasteiger partial charge in [-0.25, -0.2) is 13.8 Å². The van der Waals surface area contributed by atoms with Crippen molar-refractivity contribution >= 4 is 38.6 Å². The molecule has 3 aromatic rings. The Hall–Kier alpha value is -1.46. The van der Waals surface area contributed by atoms with E-state index in [2.05, 4.69) is 20.9 Å². The molecule has 1 unspecified atom stereocenters.